The number of hydrogen-bond acceptors (Lipinski definition) is 3. The first-order valence-corrected chi connectivity index (χ1v) is 7.34. The van der Waals surface area contributed by atoms with Crippen molar-refractivity contribution in [1.29, 1.82) is 0 Å². The molecule has 10 heteroatoms. The molecule has 0 fully saturated rings. The van der Waals surface area contributed by atoms with Crippen molar-refractivity contribution in [1.82, 2.24) is 5.32 Å². The van der Waals surface area contributed by atoms with Gasteiger partial charge < -0.3 is 14.2 Å². The van der Waals surface area contributed by atoms with Gasteiger partial charge in [-0.2, -0.15) is 26.3 Å². The number of carbonyl (C=O) groups is 1. The number of fused-ring (bicyclic) bond motifs is 2. The van der Waals surface area contributed by atoms with Gasteiger partial charge in [0.05, 0.1) is 12.5 Å². The Hall–Kier alpha value is -2.65. The molecule has 2 aromatic heterocycles. The van der Waals surface area contributed by atoms with Crippen LogP contribution >= 0.6 is 0 Å². The normalized spacial score (nSPS) is 14.1. The highest BCUT2D eigenvalue weighted by Gasteiger charge is 2.40. The van der Waals surface area contributed by atoms with Crippen molar-refractivity contribution in [3.05, 3.63) is 35.8 Å². The summed E-state index contributed by atoms with van der Waals surface area (Å²) in [5.41, 5.74) is -1.34. The van der Waals surface area contributed by atoms with Crippen molar-refractivity contribution in [2.45, 2.75) is 31.7 Å². The number of alkyl halides is 6. The van der Waals surface area contributed by atoms with Gasteiger partial charge in [0.25, 0.3) is 0 Å². The van der Waals surface area contributed by atoms with Crippen LogP contribution in [-0.2, 0) is 17.4 Å². The van der Waals surface area contributed by atoms with E-state index in [4.69, 9.17) is 8.83 Å². The van der Waals surface area contributed by atoms with Crippen LogP contribution in [0.15, 0.2) is 33.5 Å². The van der Waals surface area contributed by atoms with Gasteiger partial charge in [-0.15, -0.1) is 0 Å². The molecule has 1 atom stereocenters. The summed E-state index contributed by atoms with van der Waals surface area (Å²) in [5, 5.41) is 1.57. The molecule has 0 aliphatic heterocycles. The Morgan fingerprint density at radius 1 is 1.04 bits per heavy atom. The monoisotopic (exact) mass is 379 g/mol. The van der Waals surface area contributed by atoms with E-state index in [9.17, 15) is 31.1 Å². The van der Waals surface area contributed by atoms with Gasteiger partial charge in [0.15, 0.2) is 0 Å². The Labute approximate surface area is 141 Å². The quantitative estimate of drug-likeness (QED) is 0.665. The number of benzene rings is 1. The summed E-state index contributed by atoms with van der Waals surface area (Å²) in [4.78, 5) is 11.1. The lowest BCUT2D eigenvalue weighted by Crippen LogP contribution is -2.42. The maximum absolute atomic E-state index is 13.4. The van der Waals surface area contributed by atoms with Crippen molar-refractivity contribution in [2.75, 3.05) is 0 Å². The minimum Gasteiger partial charge on any atom is -0.464 e. The molecule has 0 saturated carbocycles. The molecule has 4 nitrogen and oxygen atoms in total. The van der Waals surface area contributed by atoms with Gasteiger partial charge in [-0.05, 0) is 25.5 Å². The SMILES string of the molecule is C[C@@H](Cc1c2ccoc2c(C(F)(F)F)c2ccoc12)NC(=O)C(F)(F)F. The summed E-state index contributed by atoms with van der Waals surface area (Å²) in [6.07, 6.45) is -7.84. The Bertz CT molecular complexity index is 914. The van der Waals surface area contributed by atoms with E-state index in [0.717, 1.165) is 18.6 Å². The zero-order valence-electron chi connectivity index (χ0n) is 13.1. The van der Waals surface area contributed by atoms with Gasteiger partial charge in [0.2, 0.25) is 0 Å². The lowest BCUT2D eigenvalue weighted by Gasteiger charge is -2.17. The second-order valence-corrected chi connectivity index (χ2v) is 5.75. The first-order valence-electron chi connectivity index (χ1n) is 7.34. The molecule has 3 rings (SSSR count). The number of nitrogens with one attached hydrogen (secondary N) is 1. The molecule has 1 amide bonds. The second kappa shape index (κ2) is 5.96. The van der Waals surface area contributed by atoms with Gasteiger partial charge in [-0.25, -0.2) is 0 Å². The molecule has 1 N–H and O–H groups in total. The smallest absolute Gasteiger partial charge is 0.464 e. The molecular formula is C16H11F6NO3. The van der Waals surface area contributed by atoms with Crippen LogP contribution in [0.1, 0.15) is 18.1 Å². The predicted molar refractivity (Wildman–Crippen MR) is 78.4 cm³/mol. The number of hydrogen-bond donors (Lipinski definition) is 1. The fraction of sp³-hybridized carbons (Fsp3) is 0.312. The number of rotatable bonds is 3. The number of carbonyl (C=O) groups excluding carboxylic acids is 1. The average Bonchev–Trinajstić information content (AvgIpc) is 3.13. The lowest BCUT2D eigenvalue weighted by atomic mass is 9.96. The summed E-state index contributed by atoms with van der Waals surface area (Å²) >= 11 is 0. The van der Waals surface area contributed by atoms with Gasteiger partial charge in [-0.1, -0.05) is 0 Å². The molecule has 0 unspecified atom stereocenters. The van der Waals surface area contributed by atoms with Crippen LogP contribution in [0.3, 0.4) is 0 Å². The highest BCUT2D eigenvalue weighted by molar-refractivity contribution is 6.02. The largest absolute Gasteiger partial charge is 0.471 e. The highest BCUT2D eigenvalue weighted by Crippen LogP contribution is 2.43. The molecule has 1 aromatic carbocycles. The van der Waals surface area contributed by atoms with Crippen LogP contribution in [-0.4, -0.2) is 18.1 Å². The standard InChI is InChI=1S/C16H11F6NO3/c1-7(23-14(24)16(20,21)22)6-10-8-2-4-26-13(8)11(15(17,18)19)9-3-5-25-12(9)10/h2-5,7H,6H2,1H3,(H,23,24)/t7-/m0/s1. The van der Waals surface area contributed by atoms with E-state index in [2.05, 4.69) is 0 Å². The van der Waals surface area contributed by atoms with Crippen LogP contribution in [0.25, 0.3) is 21.9 Å². The third-order valence-corrected chi connectivity index (χ3v) is 3.85. The van der Waals surface area contributed by atoms with Crippen molar-refractivity contribution in [2.24, 2.45) is 0 Å². The molecule has 140 valence electrons. The molecule has 0 aliphatic carbocycles. The van der Waals surface area contributed by atoms with Crippen molar-refractivity contribution in [3.63, 3.8) is 0 Å². The number of amides is 1. The van der Waals surface area contributed by atoms with E-state index in [1.165, 1.54) is 13.0 Å². The topological polar surface area (TPSA) is 55.4 Å². The fourth-order valence-electron chi connectivity index (χ4n) is 2.87. The third kappa shape index (κ3) is 3.11. The maximum Gasteiger partial charge on any atom is 0.471 e. The number of furan rings is 2. The van der Waals surface area contributed by atoms with Crippen LogP contribution in [0, 0.1) is 0 Å². The van der Waals surface area contributed by atoms with Crippen LogP contribution < -0.4 is 5.32 Å². The van der Waals surface area contributed by atoms with E-state index in [1.807, 2.05) is 0 Å². The van der Waals surface area contributed by atoms with E-state index in [-0.39, 0.29) is 28.3 Å². The number of halogens is 6. The van der Waals surface area contributed by atoms with E-state index < -0.39 is 35.4 Å². The molecule has 0 aliphatic rings. The van der Waals surface area contributed by atoms with E-state index in [0.29, 0.717) is 0 Å². The van der Waals surface area contributed by atoms with E-state index >= 15 is 0 Å². The van der Waals surface area contributed by atoms with Crippen LogP contribution in [0.4, 0.5) is 26.3 Å². The van der Waals surface area contributed by atoms with Gasteiger partial charge in [0, 0.05) is 22.4 Å². The maximum atomic E-state index is 13.4. The summed E-state index contributed by atoms with van der Waals surface area (Å²) < 4.78 is 87.5. The Balaban J connectivity index is 2.08. The molecule has 26 heavy (non-hydrogen) atoms. The minimum absolute atomic E-state index is 0.0629. The van der Waals surface area contributed by atoms with Crippen molar-refractivity contribution in [3.8, 4) is 0 Å². The molecule has 3 aromatic rings. The first-order chi connectivity index (χ1) is 12.0. The molecule has 0 bridgehead atoms. The Morgan fingerprint density at radius 3 is 2.19 bits per heavy atom. The Kier molecular flexibility index (Phi) is 4.16. The molecular weight excluding hydrogens is 368 g/mol. The molecule has 0 spiro atoms. The summed E-state index contributed by atoms with van der Waals surface area (Å²) in [5.74, 6) is -2.13. The summed E-state index contributed by atoms with van der Waals surface area (Å²) in [6, 6.07) is 1.38. The van der Waals surface area contributed by atoms with Crippen LogP contribution in [0.2, 0.25) is 0 Å². The average molecular weight is 379 g/mol. The lowest BCUT2D eigenvalue weighted by molar-refractivity contribution is -0.174. The summed E-state index contributed by atoms with van der Waals surface area (Å²) in [6.45, 7) is 1.31. The molecule has 0 radical (unpaired) electrons. The molecule has 0 saturated heterocycles. The first kappa shape index (κ1) is 18.2. The van der Waals surface area contributed by atoms with Crippen LogP contribution in [0.5, 0.6) is 0 Å². The Morgan fingerprint density at radius 2 is 1.62 bits per heavy atom. The molecule has 2 heterocycles. The third-order valence-electron chi connectivity index (χ3n) is 3.85. The van der Waals surface area contributed by atoms with Gasteiger partial charge >= 0.3 is 18.3 Å². The summed E-state index contributed by atoms with van der Waals surface area (Å²) in [7, 11) is 0. The van der Waals surface area contributed by atoms with E-state index in [1.54, 1.807) is 5.32 Å². The van der Waals surface area contributed by atoms with Gasteiger partial charge in [0.1, 0.15) is 16.7 Å². The minimum atomic E-state index is -5.06. The fourth-order valence-corrected chi connectivity index (χ4v) is 2.87. The predicted octanol–water partition coefficient (Wildman–Crippen LogP) is 4.81. The van der Waals surface area contributed by atoms with Crippen molar-refractivity contribution < 1.29 is 40.0 Å². The second-order valence-electron chi connectivity index (χ2n) is 5.75. The highest BCUT2D eigenvalue weighted by atomic mass is 19.4. The van der Waals surface area contributed by atoms with Gasteiger partial charge in [-0.3, -0.25) is 4.79 Å². The zero-order chi connectivity index (χ0) is 19.3. The van der Waals surface area contributed by atoms with Crippen molar-refractivity contribution >= 4 is 27.8 Å². The zero-order valence-corrected chi connectivity index (χ0v) is 13.1.